The van der Waals surface area contributed by atoms with E-state index in [2.05, 4.69) is 17.1 Å². The second-order valence-corrected chi connectivity index (χ2v) is 11.9. The maximum absolute atomic E-state index is 13.0. The molecular formula is C31H35N3O4S. The molecule has 204 valence electrons. The summed E-state index contributed by atoms with van der Waals surface area (Å²) < 4.78 is 8.11. The number of aromatic nitrogens is 2. The summed E-state index contributed by atoms with van der Waals surface area (Å²) in [7, 11) is 3.49. The van der Waals surface area contributed by atoms with Crippen molar-refractivity contribution >= 4 is 34.1 Å². The molecule has 0 radical (unpaired) electrons. The van der Waals surface area contributed by atoms with Crippen LogP contribution >= 0.6 is 11.3 Å². The van der Waals surface area contributed by atoms with Crippen LogP contribution in [0.4, 0.5) is 0 Å². The van der Waals surface area contributed by atoms with Gasteiger partial charge in [0.1, 0.15) is 18.9 Å². The number of carbonyl (C=O) groups excluding carboxylic acids is 1. The lowest BCUT2D eigenvalue weighted by Gasteiger charge is -2.24. The molecule has 2 aromatic carbocycles. The topological polar surface area (TPSA) is 84.7 Å². The van der Waals surface area contributed by atoms with Crippen molar-refractivity contribution in [1.82, 2.24) is 14.5 Å². The van der Waals surface area contributed by atoms with Gasteiger partial charge in [0.05, 0.1) is 32.4 Å². The van der Waals surface area contributed by atoms with Gasteiger partial charge in [-0.2, -0.15) is 0 Å². The second kappa shape index (κ2) is 11.2. The number of nitrogens with zero attached hydrogens (tertiary/aromatic N) is 3. The SMILES string of the molecule is Cc1nc(C)c(COc2ccc(-c3c(C4CCCCC4)c4ccc(C(=O)O)cc4n3CC(=O)N(C)C)cc2)s1. The fraction of sp³-hybridized carbons (Fsp3) is 0.387. The van der Waals surface area contributed by atoms with Gasteiger partial charge in [-0.15, -0.1) is 11.3 Å². The zero-order chi connectivity index (χ0) is 27.7. The zero-order valence-corrected chi connectivity index (χ0v) is 23.8. The predicted molar refractivity (Wildman–Crippen MR) is 155 cm³/mol. The summed E-state index contributed by atoms with van der Waals surface area (Å²) in [6, 6.07) is 13.4. The number of carbonyl (C=O) groups is 2. The van der Waals surface area contributed by atoms with E-state index in [1.54, 1.807) is 42.5 Å². The summed E-state index contributed by atoms with van der Waals surface area (Å²) in [4.78, 5) is 32.1. The van der Waals surface area contributed by atoms with Crippen LogP contribution in [-0.2, 0) is 17.9 Å². The lowest BCUT2D eigenvalue weighted by molar-refractivity contribution is -0.129. The molecule has 0 aliphatic heterocycles. The Morgan fingerprint density at radius 2 is 1.79 bits per heavy atom. The molecule has 1 amide bonds. The summed E-state index contributed by atoms with van der Waals surface area (Å²) >= 11 is 1.65. The van der Waals surface area contributed by atoms with Crippen LogP contribution in [0.15, 0.2) is 42.5 Å². The summed E-state index contributed by atoms with van der Waals surface area (Å²) in [5, 5.41) is 11.8. The minimum absolute atomic E-state index is 0.0424. The van der Waals surface area contributed by atoms with Crippen LogP contribution in [0, 0.1) is 13.8 Å². The average molecular weight is 546 g/mol. The highest BCUT2D eigenvalue weighted by atomic mass is 32.1. The average Bonchev–Trinajstić information content (AvgIpc) is 3.43. The van der Waals surface area contributed by atoms with Gasteiger partial charge in [0.25, 0.3) is 0 Å². The first-order valence-corrected chi connectivity index (χ1v) is 14.3. The van der Waals surface area contributed by atoms with Crippen molar-refractivity contribution in [2.75, 3.05) is 14.1 Å². The minimum Gasteiger partial charge on any atom is -0.488 e. The van der Waals surface area contributed by atoms with Gasteiger partial charge in [-0.3, -0.25) is 4.79 Å². The van der Waals surface area contributed by atoms with Crippen molar-refractivity contribution < 1.29 is 19.4 Å². The number of thiazole rings is 1. The van der Waals surface area contributed by atoms with E-state index in [4.69, 9.17) is 4.74 Å². The first-order valence-electron chi connectivity index (χ1n) is 13.5. The Kier molecular flexibility index (Phi) is 7.75. The highest BCUT2D eigenvalue weighted by Crippen LogP contribution is 2.44. The number of carboxylic acid groups (broad SMARTS) is 1. The van der Waals surface area contributed by atoms with Gasteiger partial charge >= 0.3 is 5.97 Å². The number of fused-ring (bicyclic) bond motifs is 1. The molecule has 2 heterocycles. The molecule has 39 heavy (non-hydrogen) atoms. The van der Waals surface area contributed by atoms with Crippen molar-refractivity contribution in [3.63, 3.8) is 0 Å². The largest absolute Gasteiger partial charge is 0.488 e. The van der Waals surface area contributed by atoms with E-state index in [0.717, 1.165) is 56.3 Å². The van der Waals surface area contributed by atoms with Crippen LogP contribution in [0.2, 0.25) is 0 Å². The maximum atomic E-state index is 13.0. The molecule has 1 saturated carbocycles. The number of likely N-dealkylation sites (N-methyl/N-ethyl adjacent to an activating group) is 1. The predicted octanol–water partition coefficient (Wildman–Crippen LogP) is 6.79. The molecule has 1 aliphatic rings. The Morgan fingerprint density at radius 3 is 2.41 bits per heavy atom. The number of amides is 1. The second-order valence-electron chi connectivity index (χ2n) is 10.6. The van der Waals surface area contributed by atoms with Crippen LogP contribution in [-0.4, -0.2) is 45.5 Å². The molecule has 4 aromatic rings. The summed E-state index contributed by atoms with van der Waals surface area (Å²) in [6.45, 7) is 4.61. The van der Waals surface area contributed by atoms with Crippen LogP contribution in [0.3, 0.4) is 0 Å². The van der Waals surface area contributed by atoms with Gasteiger partial charge < -0.3 is 19.3 Å². The number of hydrogen-bond acceptors (Lipinski definition) is 5. The number of benzene rings is 2. The number of rotatable bonds is 8. The minimum atomic E-state index is -0.975. The molecule has 2 aromatic heterocycles. The number of carboxylic acids is 1. The number of aromatic carboxylic acids is 1. The van der Waals surface area contributed by atoms with E-state index in [9.17, 15) is 14.7 Å². The normalized spacial score (nSPS) is 14.1. The molecule has 0 saturated heterocycles. The Labute approximate surface area is 233 Å². The van der Waals surface area contributed by atoms with Crippen LogP contribution in [0.5, 0.6) is 5.75 Å². The molecule has 1 aliphatic carbocycles. The molecule has 0 atom stereocenters. The molecule has 0 bridgehead atoms. The summed E-state index contributed by atoms with van der Waals surface area (Å²) in [5.74, 6) is 0.108. The van der Waals surface area contributed by atoms with Crippen molar-refractivity contribution in [2.24, 2.45) is 0 Å². The van der Waals surface area contributed by atoms with Gasteiger partial charge in [-0.25, -0.2) is 9.78 Å². The maximum Gasteiger partial charge on any atom is 0.335 e. The van der Waals surface area contributed by atoms with Crippen LogP contribution < -0.4 is 4.74 Å². The van der Waals surface area contributed by atoms with Gasteiger partial charge in [0, 0.05) is 19.5 Å². The molecule has 8 heteroatoms. The molecule has 1 N–H and O–H groups in total. The number of aryl methyl sites for hydroxylation is 2. The first-order chi connectivity index (χ1) is 18.7. The molecule has 0 spiro atoms. The Bertz CT molecular complexity index is 1510. The third-order valence-electron chi connectivity index (χ3n) is 7.65. The Morgan fingerprint density at radius 1 is 1.08 bits per heavy atom. The molecule has 0 unspecified atom stereocenters. The lowest BCUT2D eigenvalue weighted by atomic mass is 9.82. The van der Waals surface area contributed by atoms with E-state index < -0.39 is 5.97 Å². The molecule has 7 nitrogen and oxygen atoms in total. The summed E-state index contributed by atoms with van der Waals surface area (Å²) in [6.07, 6.45) is 5.75. The van der Waals surface area contributed by atoms with E-state index in [1.807, 2.05) is 36.6 Å². The number of ether oxygens (including phenoxy) is 1. The van der Waals surface area contributed by atoms with Gasteiger partial charge in [0.2, 0.25) is 5.91 Å². The third-order valence-corrected chi connectivity index (χ3v) is 8.70. The van der Waals surface area contributed by atoms with Crippen LogP contribution in [0.1, 0.15) is 69.5 Å². The van der Waals surface area contributed by atoms with Gasteiger partial charge in [-0.1, -0.05) is 25.3 Å². The first kappa shape index (κ1) is 26.9. The van der Waals surface area contributed by atoms with Crippen LogP contribution in [0.25, 0.3) is 22.2 Å². The van der Waals surface area contributed by atoms with E-state index in [0.29, 0.717) is 12.5 Å². The zero-order valence-electron chi connectivity index (χ0n) is 23.0. The van der Waals surface area contributed by atoms with E-state index in [1.165, 1.54) is 24.8 Å². The van der Waals surface area contributed by atoms with Gasteiger partial charge in [-0.05, 0) is 80.1 Å². The standard InChI is InChI=1S/C31H35N3O4S/c1-19-27(39-20(2)32-19)18-38-24-13-10-22(11-14-24)30-29(21-8-6-5-7-9-21)25-15-12-23(31(36)37)16-26(25)34(30)17-28(35)33(3)4/h10-16,21H,5-9,17-18H2,1-4H3,(H,36,37). The van der Waals surface area contributed by atoms with Crippen molar-refractivity contribution in [1.29, 1.82) is 0 Å². The van der Waals surface area contributed by atoms with Crippen molar-refractivity contribution in [2.45, 2.75) is 65.0 Å². The van der Waals surface area contributed by atoms with E-state index >= 15 is 0 Å². The lowest BCUT2D eigenvalue weighted by Crippen LogP contribution is -2.26. The monoisotopic (exact) mass is 545 g/mol. The van der Waals surface area contributed by atoms with Crippen molar-refractivity contribution in [3.05, 3.63) is 69.2 Å². The van der Waals surface area contributed by atoms with Gasteiger partial charge in [0.15, 0.2) is 0 Å². The molecule has 1 fully saturated rings. The highest BCUT2D eigenvalue weighted by Gasteiger charge is 2.28. The Hall–Kier alpha value is -3.65. The van der Waals surface area contributed by atoms with Crippen molar-refractivity contribution in [3.8, 4) is 17.0 Å². The molecule has 5 rings (SSSR count). The fourth-order valence-corrected chi connectivity index (χ4v) is 6.48. The smallest absolute Gasteiger partial charge is 0.335 e. The summed E-state index contributed by atoms with van der Waals surface area (Å²) in [5.41, 5.74) is 5.22. The quantitative estimate of drug-likeness (QED) is 0.263. The third kappa shape index (κ3) is 5.57. The number of hydrogen-bond donors (Lipinski definition) is 1. The van der Waals surface area contributed by atoms with E-state index in [-0.39, 0.29) is 18.0 Å². The highest BCUT2D eigenvalue weighted by molar-refractivity contribution is 7.11. The Balaban J connectivity index is 1.61. The fourth-order valence-electron chi connectivity index (χ4n) is 5.63. The molecular weight excluding hydrogens is 510 g/mol.